The molecule has 2 rings (SSSR count). The minimum atomic E-state index is -0.437. The Morgan fingerprint density at radius 2 is 2.00 bits per heavy atom. The van der Waals surface area contributed by atoms with Crippen molar-refractivity contribution in [1.82, 2.24) is 5.32 Å². The summed E-state index contributed by atoms with van der Waals surface area (Å²) in [6.45, 7) is 10.9. The van der Waals surface area contributed by atoms with Crippen LogP contribution in [0.4, 0.5) is 0 Å². The second-order valence-corrected chi connectivity index (χ2v) is 7.41. The van der Waals surface area contributed by atoms with E-state index in [9.17, 15) is 4.79 Å². The zero-order valence-corrected chi connectivity index (χ0v) is 17.0. The van der Waals surface area contributed by atoms with Crippen molar-refractivity contribution >= 4 is 22.9 Å². The predicted molar refractivity (Wildman–Crippen MR) is 108 cm³/mol. The van der Waals surface area contributed by atoms with Crippen LogP contribution in [0.15, 0.2) is 40.5 Å². The number of carbonyl (C=O) groups excluding carboxylic acids is 1. The number of hydrogen-bond donors (Lipinski definition) is 1. The van der Waals surface area contributed by atoms with Gasteiger partial charge in [0.1, 0.15) is 11.8 Å². The molecule has 1 atom stereocenters. The van der Waals surface area contributed by atoms with E-state index in [4.69, 9.17) is 14.5 Å². The molecule has 0 spiro atoms. The smallest absolute Gasteiger partial charge is 0.338 e. The third-order valence-corrected chi connectivity index (χ3v) is 5.09. The van der Waals surface area contributed by atoms with Gasteiger partial charge >= 0.3 is 5.97 Å². The van der Waals surface area contributed by atoms with Crippen molar-refractivity contribution in [2.45, 2.75) is 40.7 Å². The molecule has 0 saturated heterocycles. The highest BCUT2D eigenvalue weighted by Crippen LogP contribution is 2.37. The van der Waals surface area contributed by atoms with Crippen molar-refractivity contribution in [3.05, 3.63) is 41.1 Å². The molecule has 0 amide bonds. The summed E-state index contributed by atoms with van der Waals surface area (Å²) in [6.07, 6.45) is 0. The van der Waals surface area contributed by atoms with E-state index in [0.29, 0.717) is 24.7 Å². The van der Waals surface area contributed by atoms with Crippen LogP contribution in [0.1, 0.15) is 46.2 Å². The molecule has 1 aliphatic rings. The Hall–Kier alpha value is -1.95. The van der Waals surface area contributed by atoms with Crippen molar-refractivity contribution in [2.75, 3.05) is 19.0 Å². The molecule has 1 unspecified atom stereocenters. The Balaban J connectivity index is 2.45. The van der Waals surface area contributed by atoms with Crippen LogP contribution in [0.2, 0.25) is 0 Å². The molecule has 1 N–H and O–H groups in total. The summed E-state index contributed by atoms with van der Waals surface area (Å²) in [4.78, 5) is 17.4. The third kappa shape index (κ3) is 5.04. The number of carbonyl (C=O) groups is 1. The monoisotopic (exact) mass is 376 g/mol. The van der Waals surface area contributed by atoms with Crippen LogP contribution in [0.3, 0.4) is 0 Å². The van der Waals surface area contributed by atoms with Crippen LogP contribution >= 0.6 is 11.8 Å². The lowest BCUT2D eigenvalue weighted by Gasteiger charge is -2.27. The van der Waals surface area contributed by atoms with E-state index in [1.807, 2.05) is 38.1 Å². The number of allylic oxidation sites excluding steroid dienone is 1. The van der Waals surface area contributed by atoms with Gasteiger partial charge in [0.05, 0.1) is 18.8 Å². The molecule has 0 fully saturated rings. The number of esters is 1. The fraction of sp³-hybridized carbons (Fsp3) is 0.500. The van der Waals surface area contributed by atoms with Gasteiger partial charge in [-0.1, -0.05) is 43.8 Å². The van der Waals surface area contributed by atoms with Gasteiger partial charge in [0, 0.05) is 17.0 Å². The van der Waals surface area contributed by atoms with Gasteiger partial charge in [-0.2, -0.15) is 0 Å². The van der Waals surface area contributed by atoms with Crippen molar-refractivity contribution in [1.29, 1.82) is 0 Å². The minimum Gasteiger partial charge on any atom is -0.494 e. The van der Waals surface area contributed by atoms with Crippen LogP contribution in [0.25, 0.3) is 0 Å². The average Bonchev–Trinajstić information content (AvgIpc) is 2.60. The molecule has 6 heteroatoms. The average molecular weight is 377 g/mol. The lowest BCUT2D eigenvalue weighted by Crippen LogP contribution is -2.31. The normalized spacial score (nSPS) is 17.0. The molecular weight excluding hydrogens is 348 g/mol. The number of thioether (sulfide) groups is 1. The summed E-state index contributed by atoms with van der Waals surface area (Å²) < 4.78 is 11.1. The lowest BCUT2D eigenvalue weighted by atomic mass is 9.96. The number of hydrogen-bond acceptors (Lipinski definition) is 6. The van der Waals surface area contributed by atoms with E-state index in [1.54, 1.807) is 18.7 Å². The summed E-state index contributed by atoms with van der Waals surface area (Å²) in [5, 5.41) is 4.08. The van der Waals surface area contributed by atoms with Crippen LogP contribution in [-0.4, -0.2) is 30.1 Å². The molecule has 0 aromatic heterocycles. The van der Waals surface area contributed by atoms with E-state index in [-0.39, 0.29) is 5.97 Å². The van der Waals surface area contributed by atoms with Crippen molar-refractivity contribution in [3.63, 3.8) is 0 Å². The molecule has 1 heterocycles. The number of aliphatic imine (C=N–C) groups is 1. The van der Waals surface area contributed by atoms with Crippen molar-refractivity contribution in [3.8, 4) is 5.75 Å². The number of nitrogens with one attached hydrogen (secondary N) is 1. The quantitative estimate of drug-likeness (QED) is 0.719. The maximum absolute atomic E-state index is 12.6. The Morgan fingerprint density at radius 1 is 1.27 bits per heavy atom. The number of para-hydroxylation sites is 1. The fourth-order valence-corrected chi connectivity index (χ4v) is 3.55. The minimum absolute atomic E-state index is 0.327. The first-order chi connectivity index (χ1) is 12.5. The molecule has 1 aromatic carbocycles. The zero-order valence-electron chi connectivity index (χ0n) is 16.2. The predicted octanol–water partition coefficient (Wildman–Crippen LogP) is 4.31. The van der Waals surface area contributed by atoms with Gasteiger partial charge in [0.25, 0.3) is 0 Å². The number of ether oxygens (including phenoxy) is 2. The van der Waals surface area contributed by atoms with Crippen molar-refractivity contribution in [2.24, 2.45) is 10.9 Å². The highest BCUT2D eigenvalue weighted by atomic mass is 32.2. The van der Waals surface area contributed by atoms with Gasteiger partial charge in [-0.3, -0.25) is 0 Å². The second kappa shape index (κ2) is 9.67. The molecule has 26 heavy (non-hydrogen) atoms. The number of rotatable bonds is 7. The maximum Gasteiger partial charge on any atom is 0.338 e. The molecule has 0 bridgehead atoms. The Bertz CT molecular complexity index is 698. The molecular formula is C20H28N2O3S. The molecule has 0 aliphatic carbocycles. The fourth-order valence-electron chi connectivity index (χ4n) is 2.66. The topological polar surface area (TPSA) is 59.9 Å². The Labute approximate surface area is 160 Å². The molecule has 0 saturated carbocycles. The van der Waals surface area contributed by atoms with Gasteiger partial charge in [-0.25, -0.2) is 9.79 Å². The summed E-state index contributed by atoms with van der Waals surface area (Å²) >= 11 is 1.67. The van der Waals surface area contributed by atoms with Gasteiger partial charge < -0.3 is 14.8 Å². The summed E-state index contributed by atoms with van der Waals surface area (Å²) in [7, 11) is 0. The molecule has 5 nitrogen and oxygen atoms in total. The third-order valence-electron chi connectivity index (χ3n) is 3.78. The van der Waals surface area contributed by atoms with Gasteiger partial charge in [0.15, 0.2) is 5.17 Å². The molecule has 142 valence electrons. The Kier molecular flexibility index (Phi) is 7.57. The standard InChI is InChI=1S/C20H28N2O3S/c1-6-24-16-11-9-8-10-15(16)18-17(19(23)25-7-2)14(5)21-20(22-18)26-12-13(3)4/h8-11,13,18H,6-7,12H2,1-5H3,(H,21,22). The van der Waals surface area contributed by atoms with Crippen LogP contribution < -0.4 is 10.1 Å². The summed E-state index contributed by atoms with van der Waals surface area (Å²) in [6, 6.07) is 7.30. The van der Waals surface area contributed by atoms with Crippen LogP contribution in [0.5, 0.6) is 5.75 Å². The maximum atomic E-state index is 12.6. The SMILES string of the molecule is CCOC(=O)C1=C(C)NC(SCC(C)C)=NC1c1ccccc1OCC. The van der Waals surface area contributed by atoms with Crippen LogP contribution in [0, 0.1) is 5.92 Å². The van der Waals surface area contributed by atoms with Gasteiger partial charge in [0.2, 0.25) is 0 Å². The van der Waals surface area contributed by atoms with E-state index >= 15 is 0 Å². The molecule has 1 aromatic rings. The van der Waals surface area contributed by atoms with E-state index in [2.05, 4.69) is 19.2 Å². The van der Waals surface area contributed by atoms with Gasteiger partial charge in [-0.05, 0) is 32.8 Å². The number of amidine groups is 1. The molecule has 0 radical (unpaired) electrons. The van der Waals surface area contributed by atoms with Crippen molar-refractivity contribution < 1.29 is 14.3 Å². The second-order valence-electron chi connectivity index (χ2n) is 6.40. The Morgan fingerprint density at radius 3 is 2.65 bits per heavy atom. The van der Waals surface area contributed by atoms with Crippen LogP contribution in [-0.2, 0) is 9.53 Å². The largest absolute Gasteiger partial charge is 0.494 e. The zero-order chi connectivity index (χ0) is 19.1. The number of benzene rings is 1. The summed E-state index contributed by atoms with van der Waals surface area (Å²) in [5.41, 5.74) is 2.19. The first-order valence-corrected chi connectivity index (χ1v) is 10.0. The van der Waals surface area contributed by atoms with E-state index in [1.165, 1.54) is 0 Å². The van der Waals surface area contributed by atoms with Gasteiger partial charge in [-0.15, -0.1) is 0 Å². The lowest BCUT2D eigenvalue weighted by molar-refractivity contribution is -0.138. The highest BCUT2D eigenvalue weighted by molar-refractivity contribution is 8.13. The summed E-state index contributed by atoms with van der Waals surface area (Å²) in [5.74, 6) is 1.90. The number of nitrogens with zero attached hydrogens (tertiary/aromatic N) is 1. The highest BCUT2D eigenvalue weighted by Gasteiger charge is 2.32. The first-order valence-electron chi connectivity index (χ1n) is 9.05. The molecule has 1 aliphatic heterocycles. The first kappa shape index (κ1) is 20.4. The van der Waals surface area contributed by atoms with E-state index in [0.717, 1.165) is 27.9 Å². The van der Waals surface area contributed by atoms with E-state index < -0.39 is 6.04 Å².